The summed E-state index contributed by atoms with van der Waals surface area (Å²) in [6, 6.07) is 5.34. The Balaban J connectivity index is 1.29. The Morgan fingerprint density at radius 2 is 2.35 bits per heavy atom. The topological polar surface area (TPSA) is 93.2 Å². The van der Waals surface area contributed by atoms with E-state index in [-0.39, 0.29) is 17.8 Å². The zero-order valence-corrected chi connectivity index (χ0v) is 15.6. The molecule has 2 N–H and O–H groups in total. The van der Waals surface area contributed by atoms with Crippen molar-refractivity contribution in [3.8, 4) is 0 Å². The van der Waals surface area contributed by atoms with Crippen molar-refractivity contribution in [2.24, 2.45) is 0 Å². The second-order valence-corrected chi connectivity index (χ2v) is 8.40. The molecule has 0 radical (unpaired) electrons. The molecule has 26 heavy (non-hydrogen) atoms. The molecule has 9 heteroatoms. The molecule has 0 unspecified atom stereocenters. The predicted octanol–water partition coefficient (Wildman–Crippen LogP) is 2.60. The van der Waals surface area contributed by atoms with Crippen LogP contribution in [0.15, 0.2) is 22.5 Å². The summed E-state index contributed by atoms with van der Waals surface area (Å²) >= 11 is 2.82. The number of ether oxygens (including phenoxy) is 1. The minimum absolute atomic E-state index is 0.0150. The molecule has 7 nitrogen and oxygen atoms in total. The number of benzene rings is 1. The van der Waals surface area contributed by atoms with Crippen LogP contribution in [0.25, 0.3) is 0 Å². The van der Waals surface area contributed by atoms with Gasteiger partial charge in [0.2, 0.25) is 11.0 Å². The molecule has 2 aliphatic rings. The molecule has 1 saturated heterocycles. The van der Waals surface area contributed by atoms with Crippen LogP contribution in [0, 0.1) is 0 Å². The fraction of sp³-hybridized carbons (Fsp3) is 0.412. The van der Waals surface area contributed by atoms with E-state index < -0.39 is 0 Å². The van der Waals surface area contributed by atoms with Gasteiger partial charge in [-0.3, -0.25) is 9.59 Å². The van der Waals surface area contributed by atoms with Gasteiger partial charge in [0, 0.05) is 24.4 Å². The third kappa shape index (κ3) is 4.05. The quantitative estimate of drug-likeness (QED) is 0.554. The molecule has 2 aliphatic heterocycles. The van der Waals surface area contributed by atoms with Crippen LogP contribution in [0.4, 0.5) is 10.8 Å². The summed E-state index contributed by atoms with van der Waals surface area (Å²) < 4.78 is 6.32. The van der Waals surface area contributed by atoms with Crippen LogP contribution in [0.1, 0.15) is 28.8 Å². The van der Waals surface area contributed by atoms with Crippen molar-refractivity contribution in [2.45, 2.75) is 29.7 Å². The van der Waals surface area contributed by atoms with Crippen LogP contribution in [-0.2, 0) is 16.0 Å². The van der Waals surface area contributed by atoms with E-state index >= 15 is 0 Å². The van der Waals surface area contributed by atoms with Crippen molar-refractivity contribution < 1.29 is 14.3 Å². The van der Waals surface area contributed by atoms with Crippen molar-refractivity contribution in [2.75, 3.05) is 29.5 Å². The number of carbonyl (C=O) groups is 2. The summed E-state index contributed by atoms with van der Waals surface area (Å²) in [5.41, 5.74) is 2.29. The molecule has 0 spiro atoms. The highest BCUT2D eigenvalue weighted by Gasteiger charge is 2.20. The molecule has 1 atom stereocenters. The number of hydrogen-bond acceptors (Lipinski definition) is 8. The molecule has 1 amide bonds. The number of aromatic nitrogens is 2. The van der Waals surface area contributed by atoms with Crippen molar-refractivity contribution in [3.05, 3.63) is 29.3 Å². The first-order valence-electron chi connectivity index (χ1n) is 8.45. The van der Waals surface area contributed by atoms with E-state index in [2.05, 4.69) is 20.8 Å². The van der Waals surface area contributed by atoms with Gasteiger partial charge >= 0.3 is 0 Å². The third-order valence-corrected chi connectivity index (χ3v) is 6.30. The number of amides is 1. The fourth-order valence-electron chi connectivity index (χ4n) is 2.96. The SMILES string of the molecule is O=C1Cc2cc(C(=O)CSc3nnc(NC[C@@H]4CCCO4)s3)ccc2N1. The molecule has 0 bridgehead atoms. The van der Waals surface area contributed by atoms with E-state index in [4.69, 9.17) is 4.74 Å². The van der Waals surface area contributed by atoms with Crippen LogP contribution in [0.2, 0.25) is 0 Å². The molecule has 1 fully saturated rings. The Morgan fingerprint density at radius 3 is 3.19 bits per heavy atom. The lowest BCUT2D eigenvalue weighted by Crippen LogP contribution is -2.18. The van der Waals surface area contributed by atoms with Gasteiger partial charge in [-0.05, 0) is 36.6 Å². The first-order chi connectivity index (χ1) is 12.7. The van der Waals surface area contributed by atoms with Crippen molar-refractivity contribution >= 4 is 45.6 Å². The van der Waals surface area contributed by atoms with E-state index in [1.807, 2.05) is 0 Å². The Bertz CT molecular complexity index is 833. The van der Waals surface area contributed by atoms with Crippen LogP contribution in [0.5, 0.6) is 0 Å². The molecule has 3 heterocycles. The molecular formula is C17H18N4O3S2. The Labute approximate surface area is 158 Å². The summed E-state index contributed by atoms with van der Waals surface area (Å²) in [6.07, 6.45) is 2.76. The maximum absolute atomic E-state index is 12.4. The maximum atomic E-state index is 12.4. The minimum Gasteiger partial charge on any atom is -0.376 e. The zero-order valence-electron chi connectivity index (χ0n) is 14.0. The van der Waals surface area contributed by atoms with Crippen LogP contribution < -0.4 is 10.6 Å². The average molecular weight is 390 g/mol. The number of ketones is 1. The molecular weight excluding hydrogens is 372 g/mol. The molecule has 1 aromatic heterocycles. The second kappa shape index (κ2) is 7.73. The summed E-state index contributed by atoms with van der Waals surface area (Å²) in [4.78, 5) is 23.8. The first-order valence-corrected chi connectivity index (χ1v) is 10.3. The molecule has 4 rings (SSSR count). The average Bonchev–Trinajstić information content (AvgIpc) is 3.37. The second-order valence-electron chi connectivity index (χ2n) is 6.20. The van der Waals surface area contributed by atoms with E-state index in [1.54, 1.807) is 18.2 Å². The van der Waals surface area contributed by atoms with Crippen LogP contribution in [-0.4, -0.2) is 46.9 Å². The lowest BCUT2D eigenvalue weighted by molar-refractivity contribution is -0.115. The predicted molar refractivity (Wildman–Crippen MR) is 101 cm³/mol. The maximum Gasteiger partial charge on any atom is 0.228 e. The first kappa shape index (κ1) is 17.4. The smallest absolute Gasteiger partial charge is 0.228 e. The monoisotopic (exact) mass is 390 g/mol. The molecule has 0 aliphatic carbocycles. The largest absolute Gasteiger partial charge is 0.376 e. The molecule has 2 aromatic rings. The van der Waals surface area contributed by atoms with Gasteiger partial charge < -0.3 is 15.4 Å². The number of Topliss-reactive ketones (excluding diaryl/α,β-unsaturated/α-hetero) is 1. The van der Waals surface area contributed by atoms with Gasteiger partial charge in [0.1, 0.15) is 0 Å². The minimum atomic E-state index is -0.0316. The number of rotatable bonds is 7. The van der Waals surface area contributed by atoms with Gasteiger partial charge in [-0.15, -0.1) is 10.2 Å². The van der Waals surface area contributed by atoms with Gasteiger partial charge in [0.25, 0.3) is 0 Å². The van der Waals surface area contributed by atoms with Gasteiger partial charge in [-0.2, -0.15) is 0 Å². The number of hydrogen-bond donors (Lipinski definition) is 2. The van der Waals surface area contributed by atoms with Crippen LogP contribution in [0.3, 0.4) is 0 Å². The summed E-state index contributed by atoms with van der Waals surface area (Å²) in [6.45, 7) is 1.57. The molecule has 1 aromatic carbocycles. The van der Waals surface area contributed by atoms with E-state index in [9.17, 15) is 9.59 Å². The number of nitrogens with zero attached hydrogens (tertiary/aromatic N) is 2. The normalized spacial score (nSPS) is 18.6. The number of nitrogens with one attached hydrogen (secondary N) is 2. The van der Waals surface area contributed by atoms with Crippen molar-refractivity contribution in [1.29, 1.82) is 0 Å². The lowest BCUT2D eigenvalue weighted by atomic mass is 10.1. The molecule has 0 saturated carbocycles. The van der Waals surface area contributed by atoms with E-state index in [0.29, 0.717) is 17.7 Å². The van der Waals surface area contributed by atoms with E-state index in [0.717, 1.165) is 46.7 Å². The number of fused-ring (bicyclic) bond motifs is 1. The van der Waals surface area contributed by atoms with Gasteiger partial charge in [0.15, 0.2) is 10.1 Å². The Morgan fingerprint density at radius 1 is 1.42 bits per heavy atom. The lowest BCUT2D eigenvalue weighted by Gasteiger charge is -2.08. The van der Waals surface area contributed by atoms with Gasteiger partial charge in [-0.25, -0.2) is 0 Å². The highest BCUT2D eigenvalue weighted by atomic mass is 32.2. The Kier molecular flexibility index (Phi) is 5.18. The highest BCUT2D eigenvalue weighted by Crippen LogP contribution is 2.28. The summed E-state index contributed by atoms with van der Waals surface area (Å²) in [7, 11) is 0. The number of thioether (sulfide) groups is 1. The summed E-state index contributed by atoms with van der Waals surface area (Å²) in [5, 5.41) is 15.0. The highest BCUT2D eigenvalue weighted by molar-refractivity contribution is 8.01. The third-order valence-electron chi connectivity index (χ3n) is 4.29. The number of carbonyl (C=O) groups excluding carboxylic acids is 2. The molecule has 136 valence electrons. The number of anilines is 2. The zero-order chi connectivity index (χ0) is 17.9. The Hall–Kier alpha value is -1.97. The summed E-state index contributed by atoms with van der Waals surface area (Å²) in [5.74, 6) is 0.276. The van der Waals surface area contributed by atoms with Crippen molar-refractivity contribution in [1.82, 2.24) is 10.2 Å². The van der Waals surface area contributed by atoms with Crippen LogP contribution >= 0.6 is 23.1 Å². The van der Waals surface area contributed by atoms with Gasteiger partial charge in [0.05, 0.1) is 18.3 Å². The van der Waals surface area contributed by atoms with Gasteiger partial charge in [-0.1, -0.05) is 23.1 Å². The standard InChI is InChI=1S/C17H18N4O3S2/c22-14(10-3-4-13-11(6-10)7-15(23)19-13)9-25-17-21-20-16(26-17)18-8-12-2-1-5-24-12/h3-4,6,12H,1-2,5,7-9H2,(H,18,20)(H,19,23)/t12-/m0/s1. The van der Waals surface area contributed by atoms with E-state index in [1.165, 1.54) is 23.1 Å². The van der Waals surface area contributed by atoms with Crippen molar-refractivity contribution in [3.63, 3.8) is 0 Å². The fourth-order valence-corrected chi connectivity index (χ4v) is 4.61.